The first-order chi connectivity index (χ1) is 8.78. The summed E-state index contributed by atoms with van der Waals surface area (Å²) in [6, 6.07) is 1.14. The molecule has 0 bridgehead atoms. The number of hydrogen-bond acceptors (Lipinski definition) is 3. The molecule has 2 N–H and O–H groups in total. The van der Waals surface area contributed by atoms with Crippen molar-refractivity contribution in [2.45, 2.75) is 57.5 Å². The van der Waals surface area contributed by atoms with Crippen molar-refractivity contribution >= 4 is 5.91 Å². The molecular weight excluding hydrogens is 226 g/mol. The lowest BCUT2D eigenvalue weighted by Crippen LogP contribution is -2.49. The van der Waals surface area contributed by atoms with E-state index >= 15 is 0 Å². The van der Waals surface area contributed by atoms with Gasteiger partial charge in [0.2, 0.25) is 5.91 Å². The average Bonchev–Trinajstić information content (AvgIpc) is 2.59. The van der Waals surface area contributed by atoms with E-state index < -0.39 is 0 Å². The Morgan fingerprint density at radius 1 is 1.28 bits per heavy atom. The van der Waals surface area contributed by atoms with E-state index in [2.05, 4.69) is 22.5 Å². The third-order valence-electron chi connectivity index (χ3n) is 4.10. The highest BCUT2D eigenvalue weighted by Gasteiger charge is 2.22. The van der Waals surface area contributed by atoms with Gasteiger partial charge in [-0.3, -0.25) is 4.79 Å². The van der Waals surface area contributed by atoms with Crippen molar-refractivity contribution in [3.8, 4) is 0 Å². The van der Waals surface area contributed by atoms with Crippen LogP contribution in [0.15, 0.2) is 0 Å². The van der Waals surface area contributed by atoms with Crippen LogP contribution >= 0.6 is 0 Å². The molecule has 2 aliphatic rings. The Morgan fingerprint density at radius 3 is 2.89 bits per heavy atom. The molecule has 0 saturated carbocycles. The van der Waals surface area contributed by atoms with Gasteiger partial charge in [-0.1, -0.05) is 6.92 Å². The highest BCUT2D eigenvalue weighted by Crippen LogP contribution is 2.13. The first-order valence-electron chi connectivity index (χ1n) is 7.53. The highest BCUT2D eigenvalue weighted by atomic mass is 16.1. The van der Waals surface area contributed by atoms with E-state index in [4.69, 9.17) is 0 Å². The number of carbonyl (C=O) groups excluding carboxylic acids is 1. The molecule has 2 unspecified atom stereocenters. The molecule has 4 heteroatoms. The molecule has 2 aliphatic heterocycles. The number of nitrogens with zero attached hydrogens (tertiary/aromatic N) is 1. The van der Waals surface area contributed by atoms with E-state index in [0.717, 1.165) is 13.0 Å². The Hall–Kier alpha value is -0.610. The van der Waals surface area contributed by atoms with Crippen LogP contribution in [-0.4, -0.2) is 49.1 Å². The Balaban J connectivity index is 1.71. The van der Waals surface area contributed by atoms with Gasteiger partial charge in [0.15, 0.2) is 0 Å². The van der Waals surface area contributed by atoms with Crippen molar-refractivity contribution in [1.82, 2.24) is 15.5 Å². The monoisotopic (exact) mass is 253 g/mol. The van der Waals surface area contributed by atoms with Crippen LogP contribution in [0.4, 0.5) is 0 Å². The maximum atomic E-state index is 11.1. The molecule has 18 heavy (non-hydrogen) atoms. The summed E-state index contributed by atoms with van der Waals surface area (Å²) < 4.78 is 0. The Labute approximate surface area is 110 Å². The van der Waals surface area contributed by atoms with Crippen molar-refractivity contribution in [2.24, 2.45) is 0 Å². The van der Waals surface area contributed by atoms with Crippen LogP contribution in [0.2, 0.25) is 0 Å². The molecule has 104 valence electrons. The van der Waals surface area contributed by atoms with Crippen LogP contribution < -0.4 is 10.6 Å². The minimum absolute atomic E-state index is 0.211. The molecule has 2 heterocycles. The van der Waals surface area contributed by atoms with Crippen LogP contribution in [0, 0.1) is 0 Å². The molecule has 1 amide bonds. The molecule has 0 spiro atoms. The van der Waals surface area contributed by atoms with Gasteiger partial charge in [-0.15, -0.1) is 0 Å². The van der Waals surface area contributed by atoms with Gasteiger partial charge >= 0.3 is 0 Å². The Kier molecular flexibility index (Phi) is 5.45. The van der Waals surface area contributed by atoms with Gasteiger partial charge in [0.1, 0.15) is 0 Å². The summed E-state index contributed by atoms with van der Waals surface area (Å²) in [5.74, 6) is 0.211. The molecule has 0 aromatic heterocycles. The van der Waals surface area contributed by atoms with Crippen molar-refractivity contribution in [1.29, 1.82) is 0 Å². The second kappa shape index (κ2) is 7.10. The molecule has 0 aliphatic carbocycles. The van der Waals surface area contributed by atoms with E-state index in [1.165, 1.54) is 45.3 Å². The van der Waals surface area contributed by atoms with Crippen LogP contribution in [-0.2, 0) is 4.79 Å². The minimum atomic E-state index is 0.211. The zero-order valence-electron chi connectivity index (χ0n) is 11.6. The van der Waals surface area contributed by atoms with Crippen molar-refractivity contribution < 1.29 is 4.79 Å². The van der Waals surface area contributed by atoms with Gasteiger partial charge in [0.05, 0.1) is 0 Å². The first kappa shape index (κ1) is 13.8. The van der Waals surface area contributed by atoms with Crippen LogP contribution in [0.5, 0.6) is 0 Å². The molecule has 0 aromatic rings. The number of rotatable bonds is 4. The number of likely N-dealkylation sites (tertiary alicyclic amines) is 1. The lowest BCUT2D eigenvalue weighted by Gasteiger charge is -2.28. The normalized spacial score (nSPS) is 30.8. The fourth-order valence-corrected chi connectivity index (χ4v) is 3.07. The molecule has 0 radical (unpaired) electrons. The van der Waals surface area contributed by atoms with E-state index in [0.29, 0.717) is 18.5 Å². The van der Waals surface area contributed by atoms with Crippen LogP contribution in [0.3, 0.4) is 0 Å². The van der Waals surface area contributed by atoms with Crippen molar-refractivity contribution in [3.05, 3.63) is 0 Å². The summed E-state index contributed by atoms with van der Waals surface area (Å²) in [7, 11) is 0. The van der Waals surface area contributed by atoms with Gasteiger partial charge < -0.3 is 15.5 Å². The predicted molar refractivity (Wildman–Crippen MR) is 73.5 cm³/mol. The third-order valence-corrected chi connectivity index (χ3v) is 4.10. The number of amides is 1. The first-order valence-corrected chi connectivity index (χ1v) is 7.53. The summed E-state index contributed by atoms with van der Waals surface area (Å²) in [5.41, 5.74) is 0. The van der Waals surface area contributed by atoms with Crippen LogP contribution in [0.25, 0.3) is 0 Å². The van der Waals surface area contributed by atoms with E-state index in [-0.39, 0.29) is 5.91 Å². The SMILES string of the molecule is CCCN1CCCC(NC2CCC(=O)NC2)CC1. The number of hydrogen-bond donors (Lipinski definition) is 2. The maximum Gasteiger partial charge on any atom is 0.220 e. The quantitative estimate of drug-likeness (QED) is 0.789. The van der Waals surface area contributed by atoms with E-state index in [1.54, 1.807) is 0 Å². The summed E-state index contributed by atoms with van der Waals surface area (Å²) in [4.78, 5) is 13.7. The molecule has 0 aromatic carbocycles. The minimum Gasteiger partial charge on any atom is -0.355 e. The van der Waals surface area contributed by atoms with E-state index in [1.807, 2.05) is 0 Å². The standard InChI is InChI=1S/C14H27N3O/c1-2-8-17-9-3-4-12(7-10-17)16-13-5-6-14(18)15-11-13/h12-13,16H,2-11H2,1H3,(H,15,18). The zero-order chi connectivity index (χ0) is 12.8. The summed E-state index contributed by atoms with van der Waals surface area (Å²) in [6.45, 7) is 6.80. The summed E-state index contributed by atoms with van der Waals surface area (Å²) in [6.07, 6.45) is 6.78. The van der Waals surface area contributed by atoms with Crippen LogP contribution in [0.1, 0.15) is 45.4 Å². The smallest absolute Gasteiger partial charge is 0.220 e. The molecule has 2 atom stereocenters. The van der Waals surface area contributed by atoms with Gasteiger partial charge in [-0.25, -0.2) is 0 Å². The summed E-state index contributed by atoms with van der Waals surface area (Å²) >= 11 is 0. The number of piperidine rings is 1. The zero-order valence-corrected chi connectivity index (χ0v) is 11.6. The fourth-order valence-electron chi connectivity index (χ4n) is 3.07. The lowest BCUT2D eigenvalue weighted by atomic mass is 10.0. The second-order valence-electron chi connectivity index (χ2n) is 5.68. The lowest BCUT2D eigenvalue weighted by molar-refractivity contribution is -0.122. The molecule has 2 saturated heterocycles. The summed E-state index contributed by atoms with van der Waals surface area (Å²) in [5, 5.41) is 6.69. The second-order valence-corrected chi connectivity index (χ2v) is 5.68. The Morgan fingerprint density at radius 2 is 2.17 bits per heavy atom. The number of nitrogens with one attached hydrogen (secondary N) is 2. The van der Waals surface area contributed by atoms with E-state index in [9.17, 15) is 4.79 Å². The topological polar surface area (TPSA) is 44.4 Å². The highest BCUT2D eigenvalue weighted by molar-refractivity contribution is 5.76. The van der Waals surface area contributed by atoms with Gasteiger partial charge in [-0.2, -0.15) is 0 Å². The van der Waals surface area contributed by atoms with Gasteiger partial charge in [0.25, 0.3) is 0 Å². The molecule has 4 nitrogen and oxygen atoms in total. The Bertz CT molecular complexity index is 260. The fraction of sp³-hybridized carbons (Fsp3) is 0.929. The van der Waals surface area contributed by atoms with Crippen molar-refractivity contribution in [3.63, 3.8) is 0 Å². The van der Waals surface area contributed by atoms with Crippen molar-refractivity contribution in [2.75, 3.05) is 26.2 Å². The molecule has 2 rings (SSSR count). The molecular formula is C14H27N3O. The maximum absolute atomic E-state index is 11.1. The molecule has 2 fully saturated rings. The number of carbonyl (C=O) groups is 1. The third kappa shape index (κ3) is 4.25. The predicted octanol–water partition coefficient (Wildman–Crippen LogP) is 1.12. The van der Waals surface area contributed by atoms with Gasteiger partial charge in [0, 0.05) is 25.0 Å². The van der Waals surface area contributed by atoms with Gasteiger partial charge in [-0.05, 0) is 51.7 Å². The largest absolute Gasteiger partial charge is 0.355 e. The average molecular weight is 253 g/mol.